The Hall–Kier alpha value is -2.58. The van der Waals surface area contributed by atoms with Gasteiger partial charge in [-0.05, 0) is 11.6 Å². The third kappa shape index (κ3) is 4.06. The second-order valence-electron chi connectivity index (χ2n) is 7.02. The predicted molar refractivity (Wildman–Crippen MR) is 98.3 cm³/mol. The van der Waals surface area contributed by atoms with Crippen molar-refractivity contribution in [3.63, 3.8) is 0 Å². The van der Waals surface area contributed by atoms with Gasteiger partial charge >= 0.3 is 5.97 Å². The SMILES string of the molecule is COC(=O)c1cnc(N2C[C@H]3COC[C@@H]2CN(Cc2cccnc2)C3)cn1. The molecule has 4 heterocycles. The van der Waals surface area contributed by atoms with Gasteiger partial charge in [-0.3, -0.25) is 9.88 Å². The average molecular weight is 369 g/mol. The number of carbonyl (C=O) groups excluding carboxylic acids is 1. The first kappa shape index (κ1) is 17.8. The molecule has 2 aliphatic heterocycles. The van der Waals surface area contributed by atoms with E-state index in [1.165, 1.54) is 18.9 Å². The van der Waals surface area contributed by atoms with Gasteiger partial charge < -0.3 is 14.4 Å². The quantitative estimate of drug-likeness (QED) is 0.739. The van der Waals surface area contributed by atoms with Gasteiger partial charge in [0.25, 0.3) is 0 Å². The number of pyridine rings is 1. The van der Waals surface area contributed by atoms with Gasteiger partial charge in [0.05, 0.1) is 38.8 Å². The molecule has 27 heavy (non-hydrogen) atoms. The maximum Gasteiger partial charge on any atom is 0.358 e. The molecule has 2 bridgehead atoms. The van der Waals surface area contributed by atoms with Crippen LogP contribution in [0.4, 0.5) is 5.82 Å². The molecule has 0 radical (unpaired) electrons. The monoisotopic (exact) mass is 369 g/mol. The number of aromatic nitrogens is 3. The van der Waals surface area contributed by atoms with E-state index in [-0.39, 0.29) is 11.7 Å². The minimum absolute atomic E-state index is 0.187. The number of fused-ring (bicyclic) bond motifs is 3. The van der Waals surface area contributed by atoms with Crippen LogP contribution >= 0.6 is 0 Å². The smallest absolute Gasteiger partial charge is 0.358 e. The van der Waals surface area contributed by atoms with Crippen LogP contribution in [0.3, 0.4) is 0 Å². The zero-order valence-electron chi connectivity index (χ0n) is 15.3. The Morgan fingerprint density at radius 1 is 1.22 bits per heavy atom. The van der Waals surface area contributed by atoms with E-state index in [0.717, 1.165) is 38.6 Å². The summed E-state index contributed by atoms with van der Waals surface area (Å²) in [5, 5.41) is 0. The highest BCUT2D eigenvalue weighted by molar-refractivity contribution is 5.86. The molecule has 0 aromatic carbocycles. The number of rotatable bonds is 4. The molecule has 0 spiro atoms. The number of ether oxygens (including phenoxy) is 2. The number of esters is 1. The molecule has 0 saturated carbocycles. The van der Waals surface area contributed by atoms with Crippen molar-refractivity contribution in [2.24, 2.45) is 5.92 Å². The molecule has 4 rings (SSSR count). The molecular formula is C19H23N5O3. The molecule has 8 nitrogen and oxygen atoms in total. The van der Waals surface area contributed by atoms with Crippen LogP contribution < -0.4 is 4.90 Å². The molecular weight excluding hydrogens is 346 g/mol. The summed E-state index contributed by atoms with van der Waals surface area (Å²) in [5.41, 5.74) is 1.43. The van der Waals surface area contributed by atoms with Crippen molar-refractivity contribution in [1.82, 2.24) is 19.9 Å². The van der Waals surface area contributed by atoms with Crippen LogP contribution in [0.15, 0.2) is 36.9 Å². The van der Waals surface area contributed by atoms with Crippen molar-refractivity contribution in [2.45, 2.75) is 12.6 Å². The van der Waals surface area contributed by atoms with E-state index in [9.17, 15) is 4.79 Å². The largest absolute Gasteiger partial charge is 0.464 e. The fourth-order valence-electron chi connectivity index (χ4n) is 3.78. The van der Waals surface area contributed by atoms with Crippen molar-refractivity contribution in [2.75, 3.05) is 44.9 Å². The van der Waals surface area contributed by atoms with E-state index < -0.39 is 5.97 Å². The van der Waals surface area contributed by atoms with Gasteiger partial charge in [-0.15, -0.1) is 0 Å². The van der Waals surface area contributed by atoms with Crippen molar-refractivity contribution in [3.05, 3.63) is 48.2 Å². The van der Waals surface area contributed by atoms with Gasteiger partial charge in [0.2, 0.25) is 0 Å². The fraction of sp³-hybridized carbons (Fsp3) is 0.474. The second kappa shape index (κ2) is 7.98. The number of nitrogens with zero attached hydrogens (tertiary/aromatic N) is 5. The molecule has 2 fully saturated rings. The Bertz CT molecular complexity index is 771. The maximum atomic E-state index is 11.6. The molecule has 8 heteroatoms. The van der Waals surface area contributed by atoms with Gasteiger partial charge in [-0.2, -0.15) is 0 Å². The zero-order chi connectivity index (χ0) is 18.6. The van der Waals surface area contributed by atoms with Crippen molar-refractivity contribution < 1.29 is 14.3 Å². The first-order chi connectivity index (χ1) is 13.2. The lowest BCUT2D eigenvalue weighted by Crippen LogP contribution is -2.44. The third-order valence-electron chi connectivity index (χ3n) is 5.00. The van der Waals surface area contributed by atoms with Crippen LogP contribution in [0, 0.1) is 5.92 Å². The molecule has 2 saturated heterocycles. The summed E-state index contributed by atoms with van der Waals surface area (Å²) in [6.45, 7) is 4.98. The van der Waals surface area contributed by atoms with E-state index in [1.54, 1.807) is 12.4 Å². The van der Waals surface area contributed by atoms with Gasteiger partial charge in [-0.1, -0.05) is 6.07 Å². The molecule has 0 amide bonds. The Balaban J connectivity index is 1.52. The summed E-state index contributed by atoms with van der Waals surface area (Å²) in [7, 11) is 1.34. The van der Waals surface area contributed by atoms with E-state index in [4.69, 9.17) is 9.47 Å². The van der Waals surface area contributed by atoms with Crippen LogP contribution in [0.2, 0.25) is 0 Å². The van der Waals surface area contributed by atoms with Crippen molar-refractivity contribution in [3.8, 4) is 0 Å². The molecule has 2 aliphatic rings. The minimum atomic E-state index is -0.477. The highest BCUT2D eigenvalue weighted by atomic mass is 16.5. The minimum Gasteiger partial charge on any atom is -0.464 e. The molecule has 0 aliphatic carbocycles. The summed E-state index contributed by atoms with van der Waals surface area (Å²) >= 11 is 0. The number of anilines is 1. The molecule has 2 aromatic heterocycles. The van der Waals surface area contributed by atoms with E-state index in [0.29, 0.717) is 12.5 Å². The highest BCUT2D eigenvalue weighted by Crippen LogP contribution is 2.25. The van der Waals surface area contributed by atoms with E-state index in [2.05, 4.69) is 30.8 Å². The normalized spacial score (nSPS) is 22.9. The van der Waals surface area contributed by atoms with Crippen LogP contribution in [0.1, 0.15) is 16.1 Å². The lowest BCUT2D eigenvalue weighted by Gasteiger charge is -2.31. The molecule has 2 aromatic rings. The molecule has 142 valence electrons. The van der Waals surface area contributed by atoms with Crippen molar-refractivity contribution >= 4 is 11.8 Å². The predicted octanol–water partition coefficient (Wildman–Crippen LogP) is 0.995. The van der Waals surface area contributed by atoms with Crippen LogP contribution in [-0.2, 0) is 16.0 Å². The van der Waals surface area contributed by atoms with Gasteiger partial charge in [0.1, 0.15) is 5.82 Å². The summed E-state index contributed by atoms with van der Waals surface area (Å²) in [4.78, 5) is 29.2. The molecule has 0 N–H and O–H groups in total. The average Bonchev–Trinajstić information content (AvgIpc) is 2.99. The molecule has 2 atom stereocenters. The topological polar surface area (TPSA) is 80.7 Å². The van der Waals surface area contributed by atoms with Gasteiger partial charge in [0, 0.05) is 44.5 Å². The standard InChI is InChI=1S/C19H23N5O3/c1-26-19(25)17-6-22-18(7-21-17)24-10-15-9-23(11-16(24)13-27-12-15)8-14-3-2-4-20-5-14/h2-7,15-16H,8-13H2,1H3/t15-,16-/m0/s1. The summed E-state index contributed by atoms with van der Waals surface area (Å²) in [6, 6.07) is 4.27. The number of carbonyl (C=O) groups is 1. The Labute approximate surface area is 158 Å². The molecule has 0 unspecified atom stereocenters. The summed E-state index contributed by atoms with van der Waals surface area (Å²) in [5.74, 6) is 0.678. The van der Waals surface area contributed by atoms with E-state index >= 15 is 0 Å². The van der Waals surface area contributed by atoms with Crippen LogP contribution in [0.5, 0.6) is 0 Å². The Morgan fingerprint density at radius 3 is 2.89 bits per heavy atom. The number of hydrogen-bond acceptors (Lipinski definition) is 8. The summed E-state index contributed by atoms with van der Waals surface area (Å²) < 4.78 is 10.6. The Kier molecular flexibility index (Phi) is 5.26. The van der Waals surface area contributed by atoms with Gasteiger partial charge in [0.15, 0.2) is 5.69 Å². The van der Waals surface area contributed by atoms with Gasteiger partial charge in [-0.25, -0.2) is 14.8 Å². The fourth-order valence-corrected chi connectivity index (χ4v) is 3.78. The lowest BCUT2D eigenvalue weighted by molar-refractivity contribution is 0.0593. The van der Waals surface area contributed by atoms with Crippen molar-refractivity contribution in [1.29, 1.82) is 0 Å². The van der Waals surface area contributed by atoms with Crippen LogP contribution in [0.25, 0.3) is 0 Å². The first-order valence-corrected chi connectivity index (χ1v) is 9.09. The Morgan fingerprint density at radius 2 is 2.15 bits per heavy atom. The summed E-state index contributed by atoms with van der Waals surface area (Å²) in [6.07, 6.45) is 6.85. The number of hydrogen-bond donors (Lipinski definition) is 0. The maximum absolute atomic E-state index is 11.6. The third-order valence-corrected chi connectivity index (χ3v) is 5.00. The van der Waals surface area contributed by atoms with E-state index in [1.807, 2.05) is 12.3 Å². The van der Waals surface area contributed by atoms with Crippen LogP contribution in [-0.4, -0.2) is 71.8 Å². The first-order valence-electron chi connectivity index (χ1n) is 9.09. The second-order valence-corrected chi connectivity index (χ2v) is 7.02. The number of methoxy groups -OCH3 is 1. The zero-order valence-corrected chi connectivity index (χ0v) is 15.3. The lowest BCUT2D eigenvalue weighted by atomic mass is 10.1. The highest BCUT2D eigenvalue weighted by Gasteiger charge is 2.34.